The number of carbonyl (C=O) groups is 1. The summed E-state index contributed by atoms with van der Waals surface area (Å²) in [7, 11) is -3.96. The van der Waals surface area contributed by atoms with Crippen LogP contribution in [0.2, 0.25) is 0 Å². The Kier molecular flexibility index (Phi) is 5.46. The molecule has 2 heterocycles. The largest absolute Gasteiger partial charge is 0.420 e. The van der Waals surface area contributed by atoms with E-state index in [1.165, 1.54) is 6.07 Å². The molecule has 3 aromatic carbocycles. The standard InChI is InChI=1S/C25H19N3O5S/c1-2-28-21(24-27-26-23(33-24)17-11-5-3-6-12-17)22(32-25(29)18-13-7-4-8-14-18)19-15-9-10-16-20(19)34(28,30)31/h3-16H,2H2,1H3. The van der Waals surface area contributed by atoms with E-state index in [9.17, 15) is 13.2 Å². The molecule has 0 unspecified atom stereocenters. The summed E-state index contributed by atoms with van der Waals surface area (Å²) in [6.07, 6.45) is 0. The molecule has 0 N–H and O–H groups in total. The summed E-state index contributed by atoms with van der Waals surface area (Å²) < 4.78 is 39.7. The van der Waals surface area contributed by atoms with Crippen LogP contribution in [0.3, 0.4) is 0 Å². The fraction of sp³-hybridized carbons (Fsp3) is 0.0800. The van der Waals surface area contributed by atoms with Gasteiger partial charge in [0, 0.05) is 17.7 Å². The molecule has 1 aliphatic heterocycles. The summed E-state index contributed by atoms with van der Waals surface area (Å²) in [5, 5.41) is 8.20. The number of fused-ring (bicyclic) bond motifs is 1. The number of benzene rings is 3. The van der Waals surface area contributed by atoms with E-state index in [4.69, 9.17) is 9.15 Å². The topological polar surface area (TPSA) is 103 Å². The summed E-state index contributed by atoms with van der Waals surface area (Å²) in [5.41, 5.74) is 1.25. The van der Waals surface area contributed by atoms with Gasteiger partial charge in [0.25, 0.3) is 15.9 Å². The van der Waals surface area contributed by atoms with Crippen LogP contribution >= 0.6 is 0 Å². The quantitative estimate of drug-likeness (QED) is 0.395. The zero-order valence-corrected chi connectivity index (χ0v) is 18.9. The van der Waals surface area contributed by atoms with E-state index in [0.29, 0.717) is 11.1 Å². The number of ether oxygens (including phenoxy) is 1. The van der Waals surface area contributed by atoms with Crippen LogP contribution in [0.15, 0.2) is 94.2 Å². The molecule has 0 bridgehead atoms. The highest BCUT2D eigenvalue weighted by Crippen LogP contribution is 2.42. The Balaban J connectivity index is 1.72. The van der Waals surface area contributed by atoms with Gasteiger partial charge in [-0.3, -0.25) is 4.31 Å². The Morgan fingerprint density at radius 1 is 0.882 bits per heavy atom. The second kappa shape index (κ2) is 8.60. The van der Waals surface area contributed by atoms with Gasteiger partial charge in [-0.25, -0.2) is 13.2 Å². The zero-order chi connectivity index (χ0) is 23.7. The molecule has 170 valence electrons. The lowest BCUT2D eigenvalue weighted by molar-refractivity contribution is 0.0690. The highest BCUT2D eigenvalue weighted by atomic mass is 32.2. The van der Waals surface area contributed by atoms with Gasteiger partial charge in [0.15, 0.2) is 11.5 Å². The number of carbonyl (C=O) groups excluding carboxylic acids is 1. The molecular formula is C25H19N3O5S. The average Bonchev–Trinajstić information content (AvgIpc) is 3.36. The van der Waals surface area contributed by atoms with Crippen LogP contribution < -0.4 is 0 Å². The van der Waals surface area contributed by atoms with Crippen LogP contribution in [-0.4, -0.2) is 35.4 Å². The molecule has 0 saturated carbocycles. The van der Waals surface area contributed by atoms with E-state index in [1.54, 1.807) is 67.6 Å². The summed E-state index contributed by atoms with van der Waals surface area (Å²) in [4.78, 5) is 13.0. The fourth-order valence-corrected chi connectivity index (χ4v) is 5.40. The highest BCUT2D eigenvalue weighted by Gasteiger charge is 2.40. The van der Waals surface area contributed by atoms with Crippen molar-refractivity contribution in [2.75, 3.05) is 6.54 Å². The second-order valence-corrected chi connectivity index (χ2v) is 9.21. The Hall–Kier alpha value is -4.24. The van der Waals surface area contributed by atoms with Crippen molar-refractivity contribution in [2.24, 2.45) is 0 Å². The molecule has 1 aromatic heterocycles. The molecule has 0 saturated heterocycles. The predicted octanol–water partition coefficient (Wildman–Crippen LogP) is 4.44. The first kappa shape index (κ1) is 21.6. The number of esters is 1. The molecule has 0 aliphatic carbocycles. The maximum absolute atomic E-state index is 13.5. The normalized spacial score (nSPS) is 14.6. The molecule has 8 nitrogen and oxygen atoms in total. The average molecular weight is 474 g/mol. The third-order valence-electron chi connectivity index (χ3n) is 5.30. The van der Waals surface area contributed by atoms with Crippen LogP contribution in [0.4, 0.5) is 0 Å². The van der Waals surface area contributed by atoms with Crippen molar-refractivity contribution >= 4 is 27.4 Å². The molecular weight excluding hydrogens is 454 g/mol. The summed E-state index contributed by atoms with van der Waals surface area (Å²) in [5.74, 6) is -0.468. The lowest BCUT2D eigenvalue weighted by Crippen LogP contribution is -2.34. The third kappa shape index (κ3) is 3.65. The first-order chi connectivity index (χ1) is 16.5. The van der Waals surface area contributed by atoms with Crippen molar-refractivity contribution < 1.29 is 22.4 Å². The molecule has 9 heteroatoms. The zero-order valence-electron chi connectivity index (χ0n) is 18.1. The van der Waals surface area contributed by atoms with Crippen LogP contribution in [-0.2, 0) is 14.8 Å². The number of rotatable bonds is 5. The van der Waals surface area contributed by atoms with Gasteiger partial charge in [0.05, 0.1) is 10.5 Å². The molecule has 0 atom stereocenters. The van der Waals surface area contributed by atoms with Crippen LogP contribution in [0, 0.1) is 0 Å². The smallest absolute Gasteiger partial charge is 0.343 e. The van der Waals surface area contributed by atoms with E-state index in [1.807, 2.05) is 18.2 Å². The van der Waals surface area contributed by atoms with Crippen molar-refractivity contribution in [1.82, 2.24) is 14.5 Å². The van der Waals surface area contributed by atoms with Crippen molar-refractivity contribution in [2.45, 2.75) is 11.8 Å². The van der Waals surface area contributed by atoms with Gasteiger partial charge in [-0.15, -0.1) is 10.2 Å². The predicted molar refractivity (Wildman–Crippen MR) is 124 cm³/mol. The van der Waals surface area contributed by atoms with Crippen molar-refractivity contribution in [3.05, 3.63) is 102 Å². The molecule has 5 rings (SSSR count). The SMILES string of the molecule is CCN1C(c2nnc(-c3ccccc3)o2)=C(OC(=O)c2ccccc2)c2ccccc2S1(=O)=O. The molecule has 0 fully saturated rings. The van der Waals surface area contributed by atoms with Crippen molar-refractivity contribution in [1.29, 1.82) is 0 Å². The van der Waals surface area contributed by atoms with Gasteiger partial charge in [-0.05, 0) is 43.3 Å². The van der Waals surface area contributed by atoms with Crippen LogP contribution in [0.25, 0.3) is 22.9 Å². The summed E-state index contributed by atoms with van der Waals surface area (Å²) >= 11 is 0. The fourth-order valence-electron chi connectivity index (χ4n) is 3.74. The molecule has 34 heavy (non-hydrogen) atoms. The Morgan fingerprint density at radius 3 is 2.21 bits per heavy atom. The minimum Gasteiger partial charge on any atom is -0.420 e. The van der Waals surface area contributed by atoms with E-state index < -0.39 is 16.0 Å². The summed E-state index contributed by atoms with van der Waals surface area (Å²) in [6, 6.07) is 23.9. The highest BCUT2D eigenvalue weighted by molar-refractivity contribution is 7.89. The first-order valence-electron chi connectivity index (χ1n) is 10.5. The van der Waals surface area contributed by atoms with Gasteiger partial charge in [-0.1, -0.05) is 48.5 Å². The van der Waals surface area contributed by atoms with Gasteiger partial charge in [-0.2, -0.15) is 0 Å². The van der Waals surface area contributed by atoms with E-state index >= 15 is 0 Å². The number of sulfonamides is 1. The monoisotopic (exact) mass is 473 g/mol. The molecule has 0 amide bonds. The number of nitrogens with zero attached hydrogens (tertiary/aromatic N) is 3. The minimum absolute atomic E-state index is 0.0140. The van der Waals surface area contributed by atoms with Gasteiger partial charge in [0.2, 0.25) is 5.89 Å². The maximum atomic E-state index is 13.5. The van der Waals surface area contributed by atoms with E-state index in [0.717, 1.165) is 4.31 Å². The first-order valence-corrected chi connectivity index (χ1v) is 12.0. The van der Waals surface area contributed by atoms with Gasteiger partial charge < -0.3 is 9.15 Å². The summed E-state index contributed by atoms with van der Waals surface area (Å²) in [6.45, 7) is 1.73. The Morgan fingerprint density at radius 2 is 1.50 bits per heavy atom. The van der Waals surface area contributed by atoms with Crippen molar-refractivity contribution in [3.8, 4) is 11.5 Å². The van der Waals surface area contributed by atoms with E-state index in [-0.39, 0.29) is 40.2 Å². The lowest BCUT2D eigenvalue weighted by atomic mass is 10.1. The molecule has 0 spiro atoms. The molecule has 4 aromatic rings. The van der Waals surface area contributed by atoms with Gasteiger partial charge >= 0.3 is 5.97 Å². The van der Waals surface area contributed by atoms with E-state index in [2.05, 4.69) is 10.2 Å². The Labute approximate surface area is 196 Å². The number of hydrogen-bond donors (Lipinski definition) is 0. The number of hydrogen-bond acceptors (Lipinski definition) is 7. The Bertz CT molecular complexity index is 1500. The second-order valence-electron chi connectivity index (χ2n) is 7.38. The van der Waals surface area contributed by atoms with Crippen LogP contribution in [0.5, 0.6) is 0 Å². The van der Waals surface area contributed by atoms with Crippen molar-refractivity contribution in [3.63, 3.8) is 0 Å². The molecule has 0 radical (unpaired) electrons. The lowest BCUT2D eigenvalue weighted by Gasteiger charge is -2.31. The van der Waals surface area contributed by atoms with Crippen LogP contribution in [0.1, 0.15) is 28.7 Å². The molecule has 1 aliphatic rings. The number of aromatic nitrogens is 2. The minimum atomic E-state index is -3.96. The van der Waals surface area contributed by atoms with Gasteiger partial charge in [0.1, 0.15) is 0 Å². The maximum Gasteiger partial charge on any atom is 0.343 e. The third-order valence-corrected chi connectivity index (χ3v) is 7.24.